The van der Waals surface area contributed by atoms with Crippen molar-refractivity contribution in [1.29, 1.82) is 0 Å². The lowest BCUT2D eigenvalue weighted by Crippen LogP contribution is -2.51. The van der Waals surface area contributed by atoms with Gasteiger partial charge in [0, 0.05) is 35.2 Å². The minimum Gasteiger partial charge on any atom is -0.465 e. The monoisotopic (exact) mass is 452 g/mol. The van der Waals surface area contributed by atoms with Crippen molar-refractivity contribution in [3.63, 3.8) is 0 Å². The van der Waals surface area contributed by atoms with Crippen molar-refractivity contribution in [1.82, 2.24) is 0 Å². The summed E-state index contributed by atoms with van der Waals surface area (Å²) in [4.78, 5) is 62.7. The van der Waals surface area contributed by atoms with E-state index < -0.39 is 33.6 Å². The van der Waals surface area contributed by atoms with Gasteiger partial charge in [0.25, 0.3) is 0 Å². The lowest BCUT2D eigenvalue weighted by Gasteiger charge is -2.39. The SMILES string of the molecule is C=CC(=O)OCC(C)(C)COC(=O)CCC(CC(C)=O)(C(=O)C(C)(C)C)C(=O)C(C)(C)C. The predicted octanol–water partition coefficient (Wildman–Crippen LogP) is 4.26. The topological polar surface area (TPSA) is 104 Å². The van der Waals surface area contributed by atoms with Gasteiger partial charge in [0.15, 0.2) is 11.6 Å². The van der Waals surface area contributed by atoms with Crippen molar-refractivity contribution in [2.45, 2.75) is 81.6 Å². The third kappa shape index (κ3) is 9.05. The number of esters is 2. The molecule has 182 valence electrons. The normalized spacial score (nSPS) is 12.7. The smallest absolute Gasteiger partial charge is 0.330 e. The molecule has 0 aliphatic heterocycles. The summed E-state index contributed by atoms with van der Waals surface area (Å²) in [5, 5.41) is 0. The van der Waals surface area contributed by atoms with E-state index >= 15 is 0 Å². The van der Waals surface area contributed by atoms with E-state index in [2.05, 4.69) is 6.58 Å². The second-order valence-electron chi connectivity index (χ2n) is 11.3. The predicted molar refractivity (Wildman–Crippen MR) is 122 cm³/mol. The molecule has 0 unspecified atom stereocenters. The molecule has 0 bridgehead atoms. The summed E-state index contributed by atoms with van der Waals surface area (Å²) in [5.74, 6) is -2.17. The molecule has 0 aromatic rings. The molecule has 0 rings (SSSR count). The van der Waals surface area contributed by atoms with Gasteiger partial charge in [0.2, 0.25) is 0 Å². The largest absolute Gasteiger partial charge is 0.465 e. The molecule has 0 aromatic heterocycles. The number of rotatable bonds is 12. The second kappa shape index (κ2) is 11.0. The van der Waals surface area contributed by atoms with E-state index in [1.807, 2.05) is 0 Å². The van der Waals surface area contributed by atoms with E-state index in [-0.39, 0.29) is 49.8 Å². The molecule has 0 amide bonds. The first-order valence-electron chi connectivity index (χ1n) is 10.8. The van der Waals surface area contributed by atoms with Crippen molar-refractivity contribution >= 4 is 29.3 Å². The Kier molecular flexibility index (Phi) is 10.2. The summed E-state index contributed by atoms with van der Waals surface area (Å²) >= 11 is 0. The van der Waals surface area contributed by atoms with Crippen molar-refractivity contribution in [2.24, 2.45) is 21.7 Å². The van der Waals surface area contributed by atoms with Crippen LogP contribution in [0.3, 0.4) is 0 Å². The first-order valence-corrected chi connectivity index (χ1v) is 10.8. The summed E-state index contributed by atoms with van der Waals surface area (Å²) in [7, 11) is 0. The van der Waals surface area contributed by atoms with Crippen LogP contribution >= 0.6 is 0 Å². The van der Waals surface area contributed by atoms with Crippen LogP contribution in [0, 0.1) is 21.7 Å². The van der Waals surface area contributed by atoms with Crippen LogP contribution in [0.25, 0.3) is 0 Å². The maximum absolute atomic E-state index is 13.4. The Labute approximate surface area is 192 Å². The summed E-state index contributed by atoms with van der Waals surface area (Å²) in [6.45, 7) is 18.4. The van der Waals surface area contributed by atoms with Crippen molar-refractivity contribution in [2.75, 3.05) is 13.2 Å². The molecule has 0 radical (unpaired) electrons. The van der Waals surface area contributed by atoms with E-state index in [1.54, 1.807) is 55.4 Å². The van der Waals surface area contributed by atoms with Crippen LogP contribution in [0.2, 0.25) is 0 Å². The summed E-state index contributed by atoms with van der Waals surface area (Å²) in [6.07, 6.45) is 0.494. The molecule has 0 aliphatic rings. The average molecular weight is 453 g/mol. The fourth-order valence-electron chi connectivity index (χ4n) is 3.47. The van der Waals surface area contributed by atoms with Gasteiger partial charge < -0.3 is 9.47 Å². The van der Waals surface area contributed by atoms with Crippen LogP contribution in [0.5, 0.6) is 0 Å². The van der Waals surface area contributed by atoms with Gasteiger partial charge in [-0.15, -0.1) is 0 Å². The highest BCUT2D eigenvalue weighted by molar-refractivity contribution is 6.13. The third-order valence-corrected chi connectivity index (χ3v) is 4.93. The highest BCUT2D eigenvalue weighted by atomic mass is 16.5. The number of carbonyl (C=O) groups excluding carboxylic acids is 5. The quantitative estimate of drug-likeness (QED) is 0.247. The Morgan fingerprint density at radius 2 is 1.22 bits per heavy atom. The number of Topliss-reactive ketones (excluding diaryl/α,β-unsaturated/α-hetero) is 3. The zero-order chi connectivity index (χ0) is 25.5. The van der Waals surface area contributed by atoms with Gasteiger partial charge in [-0.1, -0.05) is 62.0 Å². The number of ether oxygens (including phenoxy) is 2. The van der Waals surface area contributed by atoms with Gasteiger partial charge in [-0.05, 0) is 13.3 Å². The van der Waals surface area contributed by atoms with Crippen LogP contribution in [0.15, 0.2) is 12.7 Å². The molecule has 0 saturated carbocycles. The first-order chi connectivity index (χ1) is 14.3. The standard InChI is InChI=1S/C25H40O7/c1-11-18(27)31-15-24(9,10)16-32-19(28)12-13-25(14-17(2)26,20(29)22(3,4)5)21(30)23(6,7)8/h11H,1,12-16H2,2-10H3. The Hall–Kier alpha value is -2.31. The number of ketones is 3. The van der Waals surface area contributed by atoms with Crippen molar-refractivity contribution in [3.05, 3.63) is 12.7 Å². The fraction of sp³-hybridized carbons (Fsp3) is 0.720. The van der Waals surface area contributed by atoms with E-state index in [0.29, 0.717) is 0 Å². The summed E-state index contributed by atoms with van der Waals surface area (Å²) < 4.78 is 10.3. The number of hydrogen-bond acceptors (Lipinski definition) is 7. The molecule has 0 N–H and O–H groups in total. The summed E-state index contributed by atoms with van der Waals surface area (Å²) in [6, 6.07) is 0. The van der Waals surface area contributed by atoms with Gasteiger partial charge >= 0.3 is 11.9 Å². The average Bonchev–Trinajstić information content (AvgIpc) is 2.65. The zero-order valence-electron chi connectivity index (χ0n) is 21.2. The van der Waals surface area contributed by atoms with Crippen LogP contribution in [-0.4, -0.2) is 42.5 Å². The fourth-order valence-corrected chi connectivity index (χ4v) is 3.47. The van der Waals surface area contributed by atoms with Gasteiger partial charge in [0.1, 0.15) is 5.78 Å². The van der Waals surface area contributed by atoms with E-state index in [9.17, 15) is 24.0 Å². The minimum absolute atomic E-state index is 0.0175. The van der Waals surface area contributed by atoms with E-state index in [4.69, 9.17) is 9.47 Å². The Morgan fingerprint density at radius 3 is 1.59 bits per heavy atom. The number of carbonyl (C=O) groups is 5. The second-order valence-corrected chi connectivity index (χ2v) is 11.3. The first kappa shape index (κ1) is 29.7. The molecular weight excluding hydrogens is 412 g/mol. The molecule has 0 saturated heterocycles. The molecule has 0 aliphatic carbocycles. The Morgan fingerprint density at radius 1 is 0.781 bits per heavy atom. The molecule has 0 aromatic carbocycles. The van der Waals surface area contributed by atoms with Crippen LogP contribution in [0.4, 0.5) is 0 Å². The maximum atomic E-state index is 13.4. The highest BCUT2D eigenvalue weighted by Crippen LogP contribution is 2.43. The van der Waals surface area contributed by atoms with E-state index in [1.165, 1.54) is 6.92 Å². The van der Waals surface area contributed by atoms with E-state index in [0.717, 1.165) is 6.08 Å². The highest BCUT2D eigenvalue weighted by Gasteiger charge is 2.53. The van der Waals surface area contributed by atoms with Gasteiger partial charge in [0.05, 0.1) is 18.6 Å². The Bertz CT molecular complexity index is 719. The van der Waals surface area contributed by atoms with Crippen LogP contribution in [0.1, 0.15) is 81.6 Å². The lowest BCUT2D eigenvalue weighted by atomic mass is 9.60. The molecule has 0 fully saturated rings. The number of hydrogen-bond donors (Lipinski definition) is 0. The molecule has 0 atom stereocenters. The minimum atomic E-state index is -1.60. The van der Waals surface area contributed by atoms with Gasteiger partial charge in [-0.3, -0.25) is 19.2 Å². The molecule has 0 heterocycles. The summed E-state index contributed by atoms with van der Waals surface area (Å²) in [5.41, 5.74) is -3.99. The van der Waals surface area contributed by atoms with Crippen LogP contribution < -0.4 is 0 Å². The van der Waals surface area contributed by atoms with Crippen molar-refractivity contribution in [3.8, 4) is 0 Å². The van der Waals surface area contributed by atoms with Crippen LogP contribution in [-0.2, 0) is 33.4 Å². The Balaban J connectivity index is 5.62. The van der Waals surface area contributed by atoms with Crippen molar-refractivity contribution < 1.29 is 33.4 Å². The molecular formula is C25H40O7. The van der Waals surface area contributed by atoms with Gasteiger partial charge in [-0.25, -0.2) is 4.79 Å². The molecule has 0 spiro atoms. The van der Waals surface area contributed by atoms with Gasteiger partial charge in [-0.2, -0.15) is 0 Å². The maximum Gasteiger partial charge on any atom is 0.330 e. The molecule has 32 heavy (non-hydrogen) atoms. The lowest BCUT2D eigenvalue weighted by molar-refractivity contribution is -0.156. The zero-order valence-corrected chi connectivity index (χ0v) is 21.2. The molecule has 7 heteroatoms. The third-order valence-electron chi connectivity index (χ3n) is 4.93. The molecule has 7 nitrogen and oxygen atoms in total.